The van der Waals surface area contributed by atoms with Crippen LogP contribution in [0.3, 0.4) is 0 Å². The summed E-state index contributed by atoms with van der Waals surface area (Å²) < 4.78 is 11.7. The largest absolute Gasteiger partial charge is 0.484 e. The third kappa shape index (κ3) is 5.19. The lowest BCUT2D eigenvalue weighted by Crippen LogP contribution is -2.30. The summed E-state index contributed by atoms with van der Waals surface area (Å²) in [5.41, 5.74) is 4.56. The van der Waals surface area contributed by atoms with Crippen molar-refractivity contribution < 1.29 is 19.1 Å². The molecule has 6 nitrogen and oxygen atoms in total. The van der Waals surface area contributed by atoms with E-state index in [1.165, 1.54) is 11.1 Å². The number of aryl methyl sites for hydroxylation is 2. The van der Waals surface area contributed by atoms with Crippen LogP contribution in [0.1, 0.15) is 48.5 Å². The van der Waals surface area contributed by atoms with Crippen LogP contribution in [0.15, 0.2) is 42.5 Å². The number of anilines is 1. The number of hydrogen-bond donors (Lipinski definition) is 2. The summed E-state index contributed by atoms with van der Waals surface area (Å²) in [5, 5.41) is 5.71. The Balaban J connectivity index is 1.14. The van der Waals surface area contributed by atoms with Gasteiger partial charge in [0.05, 0.1) is 6.10 Å². The SMILES string of the molecule is O=C(COc1ccc2c(c1)CCC(=O)N2)NCCCOC1CCCc2ccccc21. The van der Waals surface area contributed by atoms with E-state index >= 15 is 0 Å². The Labute approximate surface area is 177 Å². The van der Waals surface area contributed by atoms with Gasteiger partial charge in [-0.1, -0.05) is 24.3 Å². The van der Waals surface area contributed by atoms with E-state index in [-0.39, 0.29) is 24.5 Å². The van der Waals surface area contributed by atoms with Crippen LogP contribution in [0.2, 0.25) is 0 Å². The van der Waals surface area contributed by atoms with Crippen LogP contribution in [0.5, 0.6) is 5.75 Å². The van der Waals surface area contributed by atoms with Gasteiger partial charge in [0.15, 0.2) is 6.61 Å². The Morgan fingerprint density at radius 2 is 2.00 bits per heavy atom. The lowest BCUT2D eigenvalue weighted by molar-refractivity contribution is -0.123. The maximum Gasteiger partial charge on any atom is 0.257 e. The van der Waals surface area contributed by atoms with Crippen molar-refractivity contribution >= 4 is 17.5 Å². The Hall–Kier alpha value is -2.86. The quantitative estimate of drug-likeness (QED) is 0.655. The molecule has 1 unspecified atom stereocenters. The highest BCUT2D eigenvalue weighted by Crippen LogP contribution is 2.32. The monoisotopic (exact) mass is 408 g/mol. The average Bonchev–Trinajstić information content (AvgIpc) is 2.77. The summed E-state index contributed by atoms with van der Waals surface area (Å²) in [6.45, 7) is 1.16. The zero-order valence-electron chi connectivity index (χ0n) is 17.1. The second kappa shape index (κ2) is 9.76. The van der Waals surface area contributed by atoms with E-state index in [9.17, 15) is 9.59 Å². The molecule has 0 saturated heterocycles. The molecule has 0 spiro atoms. The Bertz CT molecular complexity index is 912. The predicted octanol–water partition coefficient (Wildman–Crippen LogP) is 3.55. The Kier molecular flexibility index (Phi) is 6.64. The average molecular weight is 408 g/mol. The second-order valence-corrected chi connectivity index (χ2v) is 7.81. The van der Waals surface area contributed by atoms with Gasteiger partial charge in [-0.25, -0.2) is 0 Å². The van der Waals surface area contributed by atoms with Crippen LogP contribution >= 0.6 is 0 Å². The van der Waals surface area contributed by atoms with E-state index in [1.54, 1.807) is 6.07 Å². The molecule has 2 aromatic rings. The van der Waals surface area contributed by atoms with Crippen LogP contribution in [0, 0.1) is 0 Å². The van der Waals surface area contributed by atoms with Gasteiger partial charge in [0.1, 0.15) is 5.75 Å². The van der Waals surface area contributed by atoms with E-state index in [1.807, 2.05) is 12.1 Å². The molecule has 6 heteroatoms. The van der Waals surface area contributed by atoms with E-state index in [0.717, 1.165) is 36.9 Å². The number of carbonyl (C=O) groups is 2. The minimum Gasteiger partial charge on any atom is -0.484 e. The summed E-state index contributed by atoms with van der Waals surface area (Å²) in [6, 6.07) is 14.0. The fraction of sp³-hybridized carbons (Fsp3) is 0.417. The molecule has 1 aliphatic heterocycles. The van der Waals surface area contributed by atoms with Gasteiger partial charge in [0.25, 0.3) is 5.91 Å². The minimum atomic E-state index is -0.149. The molecule has 2 aliphatic rings. The highest BCUT2D eigenvalue weighted by molar-refractivity contribution is 5.94. The van der Waals surface area contributed by atoms with Gasteiger partial charge in [-0.2, -0.15) is 0 Å². The number of benzene rings is 2. The van der Waals surface area contributed by atoms with Gasteiger partial charge >= 0.3 is 0 Å². The number of amides is 2. The number of nitrogens with one attached hydrogen (secondary N) is 2. The van der Waals surface area contributed by atoms with Crippen LogP contribution < -0.4 is 15.4 Å². The van der Waals surface area contributed by atoms with Gasteiger partial charge in [0, 0.05) is 25.3 Å². The van der Waals surface area contributed by atoms with Crippen molar-refractivity contribution in [2.45, 2.75) is 44.6 Å². The zero-order chi connectivity index (χ0) is 20.8. The van der Waals surface area contributed by atoms with E-state index in [4.69, 9.17) is 9.47 Å². The van der Waals surface area contributed by atoms with Crippen LogP contribution in [0.25, 0.3) is 0 Å². The summed E-state index contributed by atoms with van der Waals surface area (Å²) in [7, 11) is 0. The molecule has 0 aromatic heterocycles. The third-order valence-electron chi connectivity index (χ3n) is 5.62. The summed E-state index contributed by atoms with van der Waals surface area (Å²) in [6.07, 6.45) is 5.45. The number of ether oxygens (including phenoxy) is 2. The molecule has 1 heterocycles. The summed E-state index contributed by atoms with van der Waals surface area (Å²) in [5.74, 6) is 0.524. The fourth-order valence-corrected chi connectivity index (χ4v) is 4.06. The molecule has 1 aliphatic carbocycles. The number of carbonyl (C=O) groups excluding carboxylic acids is 2. The second-order valence-electron chi connectivity index (χ2n) is 7.81. The predicted molar refractivity (Wildman–Crippen MR) is 115 cm³/mol. The molecule has 4 rings (SSSR count). The van der Waals surface area contributed by atoms with Crippen molar-refractivity contribution in [2.24, 2.45) is 0 Å². The Morgan fingerprint density at radius 3 is 2.93 bits per heavy atom. The highest BCUT2D eigenvalue weighted by Gasteiger charge is 2.20. The first-order chi connectivity index (χ1) is 14.7. The molecular weight excluding hydrogens is 380 g/mol. The first kappa shape index (κ1) is 20.4. The minimum absolute atomic E-state index is 0.0258. The van der Waals surface area contributed by atoms with Crippen molar-refractivity contribution in [3.8, 4) is 5.75 Å². The third-order valence-corrected chi connectivity index (χ3v) is 5.62. The van der Waals surface area contributed by atoms with Crippen LogP contribution in [-0.2, 0) is 27.2 Å². The van der Waals surface area contributed by atoms with Gasteiger partial charge in [-0.05, 0) is 67.0 Å². The molecule has 2 N–H and O–H groups in total. The molecule has 30 heavy (non-hydrogen) atoms. The molecule has 2 aromatic carbocycles. The van der Waals surface area contributed by atoms with Gasteiger partial charge < -0.3 is 20.1 Å². The van der Waals surface area contributed by atoms with Crippen LogP contribution in [-0.4, -0.2) is 31.6 Å². The van der Waals surface area contributed by atoms with Gasteiger partial charge in [-0.3, -0.25) is 9.59 Å². The lowest BCUT2D eigenvalue weighted by atomic mass is 9.89. The molecular formula is C24H28N2O4. The van der Waals surface area contributed by atoms with Crippen molar-refractivity contribution in [3.63, 3.8) is 0 Å². The van der Waals surface area contributed by atoms with Gasteiger partial charge in [-0.15, -0.1) is 0 Å². The van der Waals surface area contributed by atoms with E-state index in [0.29, 0.717) is 31.7 Å². The molecule has 0 bridgehead atoms. The molecule has 0 fully saturated rings. The molecule has 1 atom stereocenters. The zero-order valence-corrected chi connectivity index (χ0v) is 17.1. The fourth-order valence-electron chi connectivity index (χ4n) is 4.06. The van der Waals surface area contributed by atoms with Crippen molar-refractivity contribution in [1.29, 1.82) is 0 Å². The van der Waals surface area contributed by atoms with Crippen molar-refractivity contribution in [2.75, 3.05) is 25.1 Å². The van der Waals surface area contributed by atoms with E-state index in [2.05, 4.69) is 34.9 Å². The topological polar surface area (TPSA) is 76.7 Å². The summed E-state index contributed by atoms with van der Waals surface area (Å²) >= 11 is 0. The number of hydrogen-bond acceptors (Lipinski definition) is 4. The first-order valence-electron chi connectivity index (χ1n) is 10.7. The maximum atomic E-state index is 12.0. The first-order valence-corrected chi connectivity index (χ1v) is 10.7. The molecule has 0 saturated carbocycles. The Morgan fingerprint density at radius 1 is 1.10 bits per heavy atom. The lowest BCUT2D eigenvalue weighted by Gasteiger charge is -2.25. The normalized spacial score (nSPS) is 17.5. The van der Waals surface area contributed by atoms with Crippen molar-refractivity contribution in [3.05, 3.63) is 59.2 Å². The van der Waals surface area contributed by atoms with Crippen LogP contribution in [0.4, 0.5) is 5.69 Å². The summed E-state index contributed by atoms with van der Waals surface area (Å²) in [4.78, 5) is 23.5. The van der Waals surface area contributed by atoms with Crippen molar-refractivity contribution in [1.82, 2.24) is 5.32 Å². The molecule has 2 amide bonds. The number of rotatable bonds is 8. The molecule has 0 radical (unpaired) electrons. The maximum absolute atomic E-state index is 12.0. The van der Waals surface area contributed by atoms with Gasteiger partial charge in [0.2, 0.25) is 5.91 Å². The highest BCUT2D eigenvalue weighted by atomic mass is 16.5. The van der Waals surface area contributed by atoms with E-state index < -0.39 is 0 Å². The molecule has 158 valence electrons. The smallest absolute Gasteiger partial charge is 0.257 e. The standard InChI is InChI=1S/C24H28N2O4/c27-23-12-9-18-15-19(10-11-21(18)26-23)30-16-24(28)25-13-4-14-29-22-8-3-6-17-5-1-2-7-20(17)22/h1-2,5,7,10-11,15,22H,3-4,6,8-9,12-14,16H2,(H,25,28)(H,26,27). The number of fused-ring (bicyclic) bond motifs is 2.